The first-order valence-electron chi connectivity index (χ1n) is 24.8. The molecule has 0 aliphatic heterocycles. The Balaban J connectivity index is 1.09. The molecule has 4 aromatic heterocycles. The molecule has 370 valence electrons. The summed E-state index contributed by atoms with van der Waals surface area (Å²) in [6, 6.07) is 70.3. The number of alkyl halides is 6. The van der Waals surface area contributed by atoms with Crippen LogP contribution in [0.1, 0.15) is 11.1 Å². The van der Waals surface area contributed by atoms with Crippen LogP contribution in [0.4, 0.5) is 26.3 Å². The first-order chi connectivity index (χ1) is 37.5. The molecule has 0 saturated heterocycles. The standard InChI is InChI=1S/C65H38F6N6/c66-64(67,68)41-27-31-45(54(35-41)65(69,70)71)53-36-42(30-34-52(53)63-73-61(39-15-3-1-4-16-39)72-62(74-63)40-17-5-2-6-18-40)77-59-37-43(75-55-23-11-7-19-46(55)47-20-8-12-24-56(47)75)28-32-50(59)51-33-29-44(38-60(51)77)76-57-25-13-9-21-48(57)49-22-10-14-26-58(49)76/h1-38H. The van der Waals surface area contributed by atoms with Gasteiger partial charge < -0.3 is 13.7 Å². The monoisotopic (exact) mass is 1020 g/mol. The molecule has 0 radical (unpaired) electrons. The lowest BCUT2D eigenvalue weighted by molar-refractivity contribution is -0.142. The van der Waals surface area contributed by atoms with Gasteiger partial charge in [0.05, 0.1) is 44.2 Å². The summed E-state index contributed by atoms with van der Waals surface area (Å²) in [6.45, 7) is 0. The Morgan fingerprint density at radius 3 is 1.08 bits per heavy atom. The van der Waals surface area contributed by atoms with Crippen LogP contribution < -0.4 is 0 Å². The van der Waals surface area contributed by atoms with Crippen molar-refractivity contribution in [1.29, 1.82) is 0 Å². The second-order valence-electron chi connectivity index (χ2n) is 19.0. The highest BCUT2D eigenvalue weighted by atomic mass is 19.4. The number of hydrogen-bond acceptors (Lipinski definition) is 3. The van der Waals surface area contributed by atoms with Gasteiger partial charge in [-0.25, -0.2) is 15.0 Å². The van der Waals surface area contributed by atoms with Crippen LogP contribution in [0.2, 0.25) is 0 Å². The maximum Gasteiger partial charge on any atom is 0.417 e. The molecule has 0 fully saturated rings. The van der Waals surface area contributed by atoms with E-state index in [1.54, 1.807) is 12.1 Å². The molecule has 0 unspecified atom stereocenters. The van der Waals surface area contributed by atoms with E-state index in [1.807, 2.05) is 120 Å². The fourth-order valence-corrected chi connectivity index (χ4v) is 11.2. The van der Waals surface area contributed by atoms with Gasteiger partial charge in [-0.2, -0.15) is 26.3 Å². The Bertz CT molecular complexity index is 4330. The summed E-state index contributed by atoms with van der Waals surface area (Å²) < 4.78 is 96.4. The quantitative estimate of drug-likeness (QED) is 0.150. The lowest BCUT2D eigenvalue weighted by Crippen LogP contribution is -2.12. The van der Waals surface area contributed by atoms with Crippen LogP contribution in [-0.2, 0) is 12.4 Å². The first-order valence-corrected chi connectivity index (χ1v) is 24.8. The second-order valence-corrected chi connectivity index (χ2v) is 19.0. The molecule has 14 aromatic rings. The third kappa shape index (κ3) is 7.54. The molecular formula is C65H38F6N6. The zero-order chi connectivity index (χ0) is 52.2. The summed E-state index contributed by atoms with van der Waals surface area (Å²) in [6.07, 6.45) is -10.3. The van der Waals surface area contributed by atoms with E-state index in [-0.39, 0.29) is 34.7 Å². The molecule has 4 heterocycles. The fourth-order valence-electron chi connectivity index (χ4n) is 11.2. The molecule has 0 bridgehead atoms. The first kappa shape index (κ1) is 45.8. The average Bonchev–Trinajstić information content (AvgIpc) is 4.12. The molecule has 14 rings (SSSR count). The van der Waals surface area contributed by atoms with E-state index in [0.29, 0.717) is 22.9 Å². The van der Waals surface area contributed by atoms with Crippen LogP contribution in [0.15, 0.2) is 231 Å². The fraction of sp³-hybridized carbons (Fsp3) is 0.0308. The molecule has 0 aliphatic rings. The number of fused-ring (bicyclic) bond motifs is 9. The number of nitrogens with zero attached hydrogens (tertiary/aromatic N) is 6. The molecule has 12 heteroatoms. The smallest absolute Gasteiger partial charge is 0.309 e. The number of benzene rings is 10. The molecule has 0 N–H and O–H groups in total. The Kier molecular flexibility index (Phi) is 10.3. The number of aromatic nitrogens is 6. The van der Waals surface area contributed by atoms with Crippen LogP contribution >= 0.6 is 0 Å². The highest BCUT2D eigenvalue weighted by Crippen LogP contribution is 2.46. The minimum absolute atomic E-state index is 0.0248. The van der Waals surface area contributed by atoms with Crippen molar-refractivity contribution < 1.29 is 26.3 Å². The van der Waals surface area contributed by atoms with Crippen molar-refractivity contribution in [2.24, 2.45) is 0 Å². The zero-order valence-electron chi connectivity index (χ0n) is 40.4. The van der Waals surface area contributed by atoms with Gasteiger partial charge in [-0.1, -0.05) is 152 Å². The maximum absolute atomic E-state index is 15.6. The Morgan fingerprint density at radius 2 is 0.636 bits per heavy atom. The van der Waals surface area contributed by atoms with Crippen LogP contribution in [-0.4, -0.2) is 28.7 Å². The SMILES string of the molecule is FC(F)(F)c1ccc(-c2cc(-n3c4cc(-n5c6ccccc6c6ccccc65)ccc4c4ccc(-n5c6ccccc6c6ccccc65)cc43)ccc2-c2nc(-c3ccccc3)nc(-c3ccccc3)n2)c(C(F)(F)F)c1. The minimum atomic E-state index is -5.21. The van der Waals surface area contributed by atoms with Crippen molar-refractivity contribution in [3.05, 3.63) is 242 Å². The average molecular weight is 1020 g/mol. The lowest BCUT2D eigenvalue weighted by Gasteiger charge is -2.20. The summed E-state index contributed by atoms with van der Waals surface area (Å²) in [5.74, 6) is 0.535. The molecule has 0 aliphatic carbocycles. The topological polar surface area (TPSA) is 53.5 Å². The van der Waals surface area contributed by atoms with E-state index in [0.717, 1.165) is 82.9 Å². The van der Waals surface area contributed by atoms with Gasteiger partial charge >= 0.3 is 12.4 Å². The lowest BCUT2D eigenvalue weighted by atomic mass is 9.92. The third-order valence-corrected chi connectivity index (χ3v) is 14.6. The third-order valence-electron chi connectivity index (χ3n) is 14.6. The summed E-state index contributed by atoms with van der Waals surface area (Å²) >= 11 is 0. The van der Waals surface area contributed by atoms with Crippen LogP contribution in [0, 0.1) is 0 Å². The number of para-hydroxylation sites is 4. The predicted molar refractivity (Wildman–Crippen MR) is 295 cm³/mol. The molecule has 0 atom stereocenters. The Labute approximate surface area is 435 Å². The van der Waals surface area contributed by atoms with Gasteiger partial charge in [-0.3, -0.25) is 0 Å². The minimum Gasteiger partial charge on any atom is -0.309 e. The van der Waals surface area contributed by atoms with Crippen molar-refractivity contribution >= 4 is 65.4 Å². The van der Waals surface area contributed by atoms with Gasteiger partial charge in [0, 0.05) is 66.1 Å². The summed E-state index contributed by atoms with van der Waals surface area (Å²) in [5.41, 5.74) is 5.52. The zero-order valence-corrected chi connectivity index (χ0v) is 40.4. The molecule has 0 saturated carbocycles. The van der Waals surface area contributed by atoms with Gasteiger partial charge in [-0.15, -0.1) is 0 Å². The van der Waals surface area contributed by atoms with Gasteiger partial charge in [0.2, 0.25) is 0 Å². The van der Waals surface area contributed by atoms with Crippen LogP contribution in [0.5, 0.6) is 0 Å². The highest BCUT2D eigenvalue weighted by molar-refractivity contribution is 6.14. The maximum atomic E-state index is 15.6. The molecule has 0 amide bonds. The van der Waals surface area contributed by atoms with Gasteiger partial charge in [-0.05, 0) is 90.0 Å². The van der Waals surface area contributed by atoms with Gasteiger partial charge in [0.1, 0.15) is 0 Å². The van der Waals surface area contributed by atoms with E-state index in [2.05, 4.69) is 94.1 Å². The van der Waals surface area contributed by atoms with Crippen LogP contribution in [0.3, 0.4) is 0 Å². The van der Waals surface area contributed by atoms with E-state index < -0.39 is 29.0 Å². The molecular weight excluding hydrogens is 979 g/mol. The number of halogens is 6. The van der Waals surface area contributed by atoms with E-state index >= 15 is 13.2 Å². The van der Waals surface area contributed by atoms with Gasteiger partial charge in [0.15, 0.2) is 17.5 Å². The summed E-state index contributed by atoms with van der Waals surface area (Å²) in [4.78, 5) is 14.6. The normalized spacial score (nSPS) is 12.3. The molecule has 77 heavy (non-hydrogen) atoms. The highest BCUT2D eigenvalue weighted by Gasteiger charge is 2.39. The molecule has 6 nitrogen and oxygen atoms in total. The number of rotatable bonds is 7. The predicted octanol–water partition coefficient (Wildman–Crippen LogP) is 17.9. The Morgan fingerprint density at radius 1 is 0.273 bits per heavy atom. The molecule has 0 spiro atoms. The van der Waals surface area contributed by atoms with E-state index in [1.165, 1.54) is 0 Å². The molecule has 10 aromatic carbocycles. The van der Waals surface area contributed by atoms with Crippen molar-refractivity contribution in [2.75, 3.05) is 0 Å². The Hall–Kier alpha value is -9.81. The summed E-state index contributed by atoms with van der Waals surface area (Å²) in [7, 11) is 0. The van der Waals surface area contributed by atoms with Crippen molar-refractivity contribution in [1.82, 2.24) is 28.7 Å². The second kappa shape index (κ2) is 17.4. The van der Waals surface area contributed by atoms with E-state index in [4.69, 9.17) is 15.0 Å². The van der Waals surface area contributed by atoms with Crippen LogP contribution in [0.25, 0.3) is 128 Å². The van der Waals surface area contributed by atoms with Crippen molar-refractivity contribution in [3.8, 4) is 62.4 Å². The van der Waals surface area contributed by atoms with Gasteiger partial charge in [0.25, 0.3) is 0 Å². The number of hydrogen-bond donors (Lipinski definition) is 0. The summed E-state index contributed by atoms with van der Waals surface area (Å²) in [5, 5.41) is 6.02. The van der Waals surface area contributed by atoms with Crippen molar-refractivity contribution in [3.63, 3.8) is 0 Å². The largest absolute Gasteiger partial charge is 0.417 e. The van der Waals surface area contributed by atoms with Crippen molar-refractivity contribution in [2.45, 2.75) is 12.4 Å². The van der Waals surface area contributed by atoms with E-state index in [9.17, 15) is 13.2 Å².